The second kappa shape index (κ2) is 32.5. The number of methoxy groups -OCH3 is 1. The van der Waals surface area contributed by atoms with Crippen LogP contribution in [0.25, 0.3) is 12.2 Å². The van der Waals surface area contributed by atoms with Crippen LogP contribution in [0, 0.1) is 18.8 Å². The first-order valence-electron chi connectivity index (χ1n) is 33.3. The zero-order valence-electron chi connectivity index (χ0n) is 54.6. The molecule has 12 rings (SSSR count). The Labute approximate surface area is 561 Å². The van der Waals surface area contributed by atoms with E-state index in [-0.39, 0.29) is 45.6 Å². The highest BCUT2D eigenvalue weighted by Crippen LogP contribution is 2.52. The third-order valence-electron chi connectivity index (χ3n) is 19.5. The number of ether oxygens (including phenoxy) is 8. The van der Waals surface area contributed by atoms with Crippen LogP contribution in [-0.2, 0) is 54.9 Å². The lowest BCUT2D eigenvalue weighted by atomic mass is 9.67. The Morgan fingerprint density at radius 2 is 1.05 bits per heavy atom. The van der Waals surface area contributed by atoms with Gasteiger partial charge in [0.05, 0.1) is 49.0 Å². The van der Waals surface area contributed by atoms with Crippen LogP contribution in [0.5, 0.6) is 33.8 Å². The molecule has 2 saturated carbocycles. The van der Waals surface area contributed by atoms with Gasteiger partial charge >= 0.3 is 0 Å². The fourth-order valence-electron chi connectivity index (χ4n) is 13.8. The number of hydrogen-bond acceptors (Lipinski definition) is 15. The van der Waals surface area contributed by atoms with Gasteiger partial charge in [-0.15, -0.1) is 0 Å². The molecule has 4 aliphatic heterocycles. The van der Waals surface area contributed by atoms with E-state index in [1.165, 1.54) is 28.0 Å². The lowest BCUT2D eigenvalue weighted by molar-refractivity contribution is -0.120. The van der Waals surface area contributed by atoms with Crippen LogP contribution in [0.4, 0.5) is 0 Å². The van der Waals surface area contributed by atoms with Gasteiger partial charge in [-0.2, -0.15) is 0 Å². The minimum absolute atomic E-state index is 0.00221. The Kier molecular flexibility index (Phi) is 24.1. The number of carbonyl (C=O) groups excluding carboxylic acids is 3. The molecule has 2 aliphatic carbocycles. The summed E-state index contributed by atoms with van der Waals surface area (Å²) < 4.78 is 46.5. The number of allylic oxidation sites excluding steroid dienone is 2. The number of likely N-dealkylation sites (tertiary alicyclic amines) is 1. The van der Waals surface area contributed by atoms with Crippen LogP contribution in [0.15, 0.2) is 120 Å². The molecule has 3 fully saturated rings. The molecule has 6 aromatic rings. The predicted molar refractivity (Wildman–Crippen MR) is 371 cm³/mol. The summed E-state index contributed by atoms with van der Waals surface area (Å²) in [4.78, 5) is 41.7. The van der Waals surface area contributed by atoms with Crippen LogP contribution >= 0.6 is 27.3 Å². The standard InChI is InChI=1S/2C27H33NO4.C22H27BrN2O3S/c1-30-14-3-15-31-23-5-2-4-20(16-23)6-8-25(29)22-10-12-27(13-11-22)19-32-26-9-7-21(18-28)17-24(26)27;1-2-30-14-15-31-23-5-3-4-20(16-23)6-8-25(29)22-10-12-27(13-11-22)19-32-26-9-7-21(18-28)17-24(26)27;1-3-10-27-21-18(23)14(2)19(29-21)20(26)25-8-6-22(7-9-25)13-28-17-5-4-15(12-24)11-16(17)22/h2,4-9,16-17,22H,3,10-15,18-19,28H2,1H3;3-9,16-17,22H,2,10-15,18-19,28H2,1H3;4-5,11H,3,6-10,12-13,24H2,1-2H3/b2*8-6+;. The van der Waals surface area contributed by atoms with Gasteiger partial charge < -0.3 is 60.0 Å². The lowest BCUT2D eigenvalue weighted by Gasteiger charge is -2.38. The third kappa shape index (κ3) is 16.6. The minimum atomic E-state index is -0.00221. The topological polar surface area (TPSA) is 206 Å². The molecular weight excluding hydrogens is 1260 g/mol. The van der Waals surface area contributed by atoms with E-state index in [2.05, 4.69) is 41.1 Å². The number of nitrogens with zero attached hydrogens (tertiary/aromatic N) is 1. The van der Waals surface area contributed by atoms with Gasteiger partial charge in [0, 0.05) is 104 Å². The van der Waals surface area contributed by atoms with E-state index in [9.17, 15) is 14.4 Å². The first-order valence-corrected chi connectivity index (χ1v) is 34.9. The summed E-state index contributed by atoms with van der Waals surface area (Å²) in [5.74, 6) is 5.20. The van der Waals surface area contributed by atoms with E-state index in [1.54, 1.807) is 19.3 Å². The van der Waals surface area contributed by atoms with Crippen LogP contribution in [0.3, 0.4) is 0 Å². The summed E-state index contributed by atoms with van der Waals surface area (Å²) in [6, 6.07) is 34.5. The highest BCUT2D eigenvalue weighted by Gasteiger charge is 2.47. The van der Waals surface area contributed by atoms with Gasteiger partial charge in [0.1, 0.15) is 35.4 Å². The van der Waals surface area contributed by atoms with Crippen LogP contribution in [-0.4, -0.2) is 102 Å². The summed E-state index contributed by atoms with van der Waals surface area (Å²) in [6.07, 6.45) is 18.3. The maximum atomic E-state index is 13.2. The van der Waals surface area contributed by atoms with E-state index in [0.29, 0.717) is 79.1 Å². The number of nitrogens with two attached hydrogens (primary N) is 3. The average Bonchev–Trinajstić information content (AvgIpc) is 1.68. The van der Waals surface area contributed by atoms with Crippen molar-refractivity contribution < 1.29 is 52.3 Å². The van der Waals surface area contributed by atoms with Crippen molar-refractivity contribution in [2.45, 2.75) is 134 Å². The molecule has 0 atom stereocenters. The molecule has 3 spiro atoms. The normalized spacial score (nSPS) is 20.6. The number of piperidine rings is 1. The van der Waals surface area contributed by atoms with Crippen molar-refractivity contribution in [2.24, 2.45) is 29.0 Å². The lowest BCUT2D eigenvalue weighted by Crippen LogP contribution is -2.46. The Bertz CT molecular complexity index is 3420. The number of benzene rings is 5. The first-order chi connectivity index (χ1) is 45.2. The molecule has 17 heteroatoms. The summed E-state index contributed by atoms with van der Waals surface area (Å²) in [7, 11) is 1.69. The number of ketones is 2. The fraction of sp³-hybridized carbons (Fsp3) is 0.461. The molecule has 1 amide bonds. The van der Waals surface area contributed by atoms with Gasteiger partial charge in [0.15, 0.2) is 16.6 Å². The van der Waals surface area contributed by atoms with E-state index in [0.717, 1.165) is 167 Å². The maximum Gasteiger partial charge on any atom is 0.264 e. The smallest absolute Gasteiger partial charge is 0.264 e. The maximum absolute atomic E-state index is 13.2. The molecule has 1 saturated heterocycles. The van der Waals surface area contributed by atoms with Gasteiger partial charge in [-0.25, -0.2) is 0 Å². The Morgan fingerprint density at radius 3 is 1.49 bits per heavy atom. The van der Waals surface area contributed by atoms with Gasteiger partial charge in [0.25, 0.3) is 5.91 Å². The van der Waals surface area contributed by atoms with E-state index < -0.39 is 0 Å². The number of hydrogen-bond donors (Lipinski definition) is 3. The van der Waals surface area contributed by atoms with Crippen molar-refractivity contribution in [1.29, 1.82) is 0 Å². The molecule has 496 valence electrons. The molecule has 15 nitrogen and oxygen atoms in total. The van der Waals surface area contributed by atoms with Crippen LogP contribution < -0.4 is 45.6 Å². The molecular formula is C76H93BrN4O11S. The summed E-state index contributed by atoms with van der Waals surface area (Å²) in [6.45, 7) is 14.9. The van der Waals surface area contributed by atoms with Gasteiger partial charge in [-0.05, 0) is 188 Å². The molecule has 93 heavy (non-hydrogen) atoms. The Morgan fingerprint density at radius 1 is 0.591 bits per heavy atom. The second-order valence-corrected chi connectivity index (χ2v) is 27.3. The van der Waals surface area contributed by atoms with Crippen molar-refractivity contribution in [3.05, 3.63) is 175 Å². The number of amides is 1. The molecule has 6 N–H and O–H groups in total. The van der Waals surface area contributed by atoms with Crippen molar-refractivity contribution in [3.63, 3.8) is 0 Å². The zero-order valence-corrected chi connectivity index (χ0v) is 57.0. The molecule has 0 bridgehead atoms. The minimum Gasteiger partial charge on any atom is -0.493 e. The summed E-state index contributed by atoms with van der Waals surface area (Å²) in [5.41, 5.74) is 27.7. The number of rotatable bonds is 23. The molecule has 5 heterocycles. The Hall–Kier alpha value is -6.83. The van der Waals surface area contributed by atoms with E-state index in [1.807, 2.05) is 116 Å². The van der Waals surface area contributed by atoms with Crippen molar-refractivity contribution >= 4 is 56.9 Å². The second-order valence-electron chi connectivity index (χ2n) is 25.5. The first kappa shape index (κ1) is 69.0. The van der Waals surface area contributed by atoms with Gasteiger partial charge in [0.2, 0.25) is 0 Å². The molecule has 1 aromatic heterocycles. The largest absolute Gasteiger partial charge is 0.493 e. The molecule has 0 unspecified atom stereocenters. The van der Waals surface area contributed by atoms with Crippen LogP contribution in [0.2, 0.25) is 0 Å². The quantitative estimate of drug-likeness (QED) is 0.0403. The number of fused-ring (bicyclic) bond motifs is 6. The van der Waals surface area contributed by atoms with E-state index in [4.69, 9.17) is 55.1 Å². The summed E-state index contributed by atoms with van der Waals surface area (Å²) >= 11 is 5.04. The number of thiophene rings is 1. The highest BCUT2D eigenvalue weighted by molar-refractivity contribution is 9.10. The number of carbonyl (C=O) groups is 3. The average molecular weight is 1350 g/mol. The fourth-order valence-corrected chi connectivity index (χ4v) is 15.5. The molecule has 0 radical (unpaired) electrons. The van der Waals surface area contributed by atoms with Crippen LogP contribution in [0.1, 0.15) is 151 Å². The van der Waals surface area contributed by atoms with Gasteiger partial charge in [-0.3, -0.25) is 14.4 Å². The highest BCUT2D eigenvalue weighted by atomic mass is 79.9. The summed E-state index contributed by atoms with van der Waals surface area (Å²) in [5, 5.41) is 0.800. The molecule has 6 aliphatic rings. The Balaban J connectivity index is 0.000000153. The van der Waals surface area contributed by atoms with Crippen molar-refractivity contribution in [3.8, 4) is 33.8 Å². The third-order valence-corrected chi connectivity index (χ3v) is 21.9. The number of halogens is 1. The predicted octanol–water partition coefficient (Wildman–Crippen LogP) is 14.0. The zero-order chi connectivity index (χ0) is 65.4. The van der Waals surface area contributed by atoms with Crippen molar-refractivity contribution in [2.75, 3.05) is 79.7 Å². The van der Waals surface area contributed by atoms with E-state index >= 15 is 0 Å². The monoisotopic (exact) mass is 1350 g/mol. The SMILES string of the molecule is CCCOc1sc(C(=O)N2CCC3(CC2)COc2ccc(CN)cc23)c(C)c1Br.CCOCCOc1cccc(/C=C/C(=O)C2CCC3(CC2)COc2ccc(CN)cc23)c1.COCCCOc1cccc(/C=C/C(=O)C2CCC3(CC2)COc2ccc(CN)cc23)c1. The van der Waals surface area contributed by atoms with Crippen molar-refractivity contribution in [1.82, 2.24) is 4.90 Å². The molecule has 5 aromatic carbocycles. The van der Waals surface area contributed by atoms with Gasteiger partial charge in [-0.1, -0.05) is 91.1 Å².